The van der Waals surface area contributed by atoms with Crippen LogP contribution in [0.3, 0.4) is 0 Å². The molecule has 4 rings (SSSR count). The van der Waals surface area contributed by atoms with E-state index < -0.39 is 0 Å². The van der Waals surface area contributed by atoms with Crippen molar-refractivity contribution >= 4 is 42.5 Å². The molecule has 0 spiro atoms. The second-order valence-electron chi connectivity index (χ2n) is 4.68. The minimum absolute atomic E-state index is 0.140. The Morgan fingerprint density at radius 1 is 0.947 bits per heavy atom. The smallest absolute Gasteiger partial charge is 0.198 e. The number of fused-ring (bicyclic) bond motifs is 4. The summed E-state index contributed by atoms with van der Waals surface area (Å²) in [6.07, 6.45) is 0. The lowest BCUT2D eigenvalue weighted by molar-refractivity contribution is 1.02. The van der Waals surface area contributed by atoms with Crippen molar-refractivity contribution in [3.8, 4) is 0 Å². The third-order valence-electron chi connectivity index (χ3n) is 3.62. The summed E-state index contributed by atoms with van der Waals surface area (Å²) in [5.41, 5.74) is 1.25. The topological polar surface area (TPSA) is 22.0 Å². The van der Waals surface area contributed by atoms with Crippen LogP contribution in [-0.4, -0.2) is 4.57 Å². The lowest BCUT2D eigenvalue weighted by atomic mass is 10.1. The molecule has 0 atom stereocenters. The molecule has 0 bridgehead atoms. The molecule has 2 nitrogen and oxygen atoms in total. The van der Waals surface area contributed by atoms with Crippen molar-refractivity contribution in [2.75, 3.05) is 0 Å². The van der Waals surface area contributed by atoms with Gasteiger partial charge in [0.05, 0.1) is 5.39 Å². The molecule has 0 saturated heterocycles. The Labute approximate surface area is 113 Å². The van der Waals surface area contributed by atoms with Gasteiger partial charge >= 0.3 is 0 Å². The molecule has 0 saturated carbocycles. The Bertz CT molecular complexity index is 994. The van der Waals surface area contributed by atoms with Gasteiger partial charge in [-0.15, -0.1) is 11.3 Å². The molecular weight excluding hydrogens is 254 g/mol. The average Bonchev–Trinajstić information content (AvgIpc) is 2.74. The zero-order valence-electron chi connectivity index (χ0n) is 10.4. The van der Waals surface area contributed by atoms with Crippen LogP contribution in [0.5, 0.6) is 0 Å². The largest absolute Gasteiger partial charge is 0.335 e. The fraction of sp³-hybridized carbons (Fsp3) is 0.0625. The molecule has 19 heavy (non-hydrogen) atoms. The standard InChI is InChI=1S/C16H11NOS/c1-17-12-8-4-2-6-10(12)14-15(18)11-7-3-5-9-13(11)19-16(14)17/h2-9H,1H3. The van der Waals surface area contributed by atoms with Gasteiger partial charge in [0.1, 0.15) is 4.83 Å². The van der Waals surface area contributed by atoms with Crippen LogP contribution in [0.2, 0.25) is 0 Å². The van der Waals surface area contributed by atoms with Crippen molar-refractivity contribution in [2.45, 2.75) is 0 Å². The maximum atomic E-state index is 12.7. The first-order valence-corrected chi connectivity index (χ1v) is 6.98. The second kappa shape index (κ2) is 3.68. The number of nitrogens with zero attached hydrogens (tertiary/aromatic N) is 1. The van der Waals surface area contributed by atoms with Crippen molar-refractivity contribution in [1.29, 1.82) is 0 Å². The first-order chi connectivity index (χ1) is 9.27. The Hall–Kier alpha value is -2.13. The monoisotopic (exact) mass is 265 g/mol. The van der Waals surface area contributed by atoms with E-state index in [9.17, 15) is 4.79 Å². The first kappa shape index (κ1) is 10.8. The van der Waals surface area contributed by atoms with E-state index in [0.29, 0.717) is 0 Å². The fourth-order valence-electron chi connectivity index (χ4n) is 2.69. The van der Waals surface area contributed by atoms with E-state index in [1.165, 1.54) is 0 Å². The number of hydrogen-bond acceptors (Lipinski definition) is 2. The SMILES string of the molecule is Cn1c2ccccc2c2c(=O)c3ccccc3sc21. The first-order valence-electron chi connectivity index (χ1n) is 6.16. The molecule has 0 radical (unpaired) electrons. The van der Waals surface area contributed by atoms with E-state index in [0.717, 1.165) is 31.2 Å². The van der Waals surface area contributed by atoms with Gasteiger partial charge in [-0.1, -0.05) is 30.3 Å². The fourth-order valence-corrected chi connectivity index (χ4v) is 3.86. The summed E-state index contributed by atoms with van der Waals surface area (Å²) in [5, 5.41) is 2.71. The third kappa shape index (κ3) is 1.33. The van der Waals surface area contributed by atoms with Gasteiger partial charge in [0.25, 0.3) is 0 Å². The van der Waals surface area contributed by atoms with Gasteiger partial charge < -0.3 is 4.57 Å². The summed E-state index contributed by atoms with van der Waals surface area (Å²) in [5.74, 6) is 0. The highest BCUT2D eigenvalue weighted by molar-refractivity contribution is 7.24. The van der Waals surface area contributed by atoms with Crippen molar-refractivity contribution in [2.24, 2.45) is 7.05 Å². The van der Waals surface area contributed by atoms with Crippen molar-refractivity contribution in [3.63, 3.8) is 0 Å². The van der Waals surface area contributed by atoms with Crippen molar-refractivity contribution in [1.82, 2.24) is 4.57 Å². The van der Waals surface area contributed by atoms with Gasteiger partial charge in [0.2, 0.25) is 0 Å². The summed E-state index contributed by atoms with van der Waals surface area (Å²) in [7, 11) is 2.02. The highest BCUT2D eigenvalue weighted by Crippen LogP contribution is 2.31. The highest BCUT2D eigenvalue weighted by Gasteiger charge is 2.13. The Balaban J connectivity index is 2.42. The van der Waals surface area contributed by atoms with Gasteiger partial charge in [-0.3, -0.25) is 4.79 Å². The van der Waals surface area contributed by atoms with Crippen LogP contribution in [0.1, 0.15) is 0 Å². The lowest BCUT2D eigenvalue weighted by Crippen LogP contribution is -2.00. The molecule has 2 aromatic carbocycles. The molecule has 2 heterocycles. The van der Waals surface area contributed by atoms with Crippen LogP contribution < -0.4 is 5.43 Å². The maximum Gasteiger partial charge on any atom is 0.198 e. The summed E-state index contributed by atoms with van der Waals surface area (Å²) in [4.78, 5) is 13.8. The van der Waals surface area contributed by atoms with Gasteiger partial charge in [0, 0.05) is 28.0 Å². The van der Waals surface area contributed by atoms with Crippen LogP contribution in [0, 0.1) is 0 Å². The number of benzene rings is 2. The van der Waals surface area contributed by atoms with Crippen molar-refractivity contribution < 1.29 is 0 Å². The Morgan fingerprint density at radius 3 is 2.47 bits per heavy atom. The van der Waals surface area contributed by atoms with Gasteiger partial charge in [-0.2, -0.15) is 0 Å². The quantitative estimate of drug-likeness (QED) is 0.472. The van der Waals surface area contributed by atoms with Gasteiger partial charge in [0.15, 0.2) is 5.43 Å². The third-order valence-corrected chi connectivity index (χ3v) is 4.87. The summed E-state index contributed by atoms with van der Waals surface area (Å²) >= 11 is 1.68. The van der Waals surface area contributed by atoms with E-state index in [-0.39, 0.29) is 5.43 Å². The normalized spacial score (nSPS) is 11.6. The highest BCUT2D eigenvalue weighted by atomic mass is 32.1. The number of aryl methyl sites for hydroxylation is 1. The van der Waals surface area contributed by atoms with Crippen LogP contribution in [0.25, 0.3) is 31.2 Å². The molecule has 2 aromatic heterocycles. The molecule has 0 amide bonds. The lowest BCUT2D eigenvalue weighted by Gasteiger charge is -1.99. The van der Waals surface area contributed by atoms with Gasteiger partial charge in [-0.25, -0.2) is 0 Å². The minimum Gasteiger partial charge on any atom is -0.335 e. The minimum atomic E-state index is 0.140. The zero-order chi connectivity index (χ0) is 13.0. The van der Waals surface area contributed by atoms with E-state index in [4.69, 9.17) is 0 Å². The average molecular weight is 265 g/mol. The molecule has 92 valence electrons. The van der Waals surface area contributed by atoms with E-state index >= 15 is 0 Å². The van der Waals surface area contributed by atoms with Crippen LogP contribution >= 0.6 is 11.3 Å². The number of aromatic nitrogens is 1. The zero-order valence-corrected chi connectivity index (χ0v) is 11.2. The van der Waals surface area contributed by atoms with E-state index in [1.807, 2.05) is 49.5 Å². The molecule has 0 N–H and O–H groups in total. The molecule has 4 aromatic rings. The predicted octanol–water partition coefficient (Wildman–Crippen LogP) is 3.91. The maximum absolute atomic E-state index is 12.7. The molecular formula is C16H11NOS. The molecule has 0 fully saturated rings. The van der Waals surface area contributed by atoms with Crippen molar-refractivity contribution in [3.05, 3.63) is 58.8 Å². The molecule has 0 unspecified atom stereocenters. The number of para-hydroxylation sites is 1. The molecule has 3 heteroatoms. The Morgan fingerprint density at radius 2 is 1.63 bits per heavy atom. The number of rotatable bonds is 0. The van der Waals surface area contributed by atoms with Crippen LogP contribution in [-0.2, 0) is 7.05 Å². The predicted molar refractivity (Wildman–Crippen MR) is 82.1 cm³/mol. The summed E-state index contributed by atoms with van der Waals surface area (Å²) in [6.45, 7) is 0. The second-order valence-corrected chi connectivity index (χ2v) is 5.71. The molecule has 0 aliphatic carbocycles. The van der Waals surface area contributed by atoms with Crippen LogP contribution in [0.15, 0.2) is 53.3 Å². The van der Waals surface area contributed by atoms with Gasteiger partial charge in [-0.05, 0) is 18.2 Å². The molecule has 0 aliphatic heterocycles. The van der Waals surface area contributed by atoms with Crippen LogP contribution in [0.4, 0.5) is 0 Å². The van der Waals surface area contributed by atoms with E-state index in [1.54, 1.807) is 11.3 Å². The Kier molecular flexibility index (Phi) is 2.09. The molecule has 0 aliphatic rings. The summed E-state index contributed by atoms with van der Waals surface area (Å²) < 4.78 is 3.16. The summed E-state index contributed by atoms with van der Waals surface area (Å²) in [6, 6.07) is 15.9. The number of hydrogen-bond donors (Lipinski definition) is 0. The van der Waals surface area contributed by atoms with E-state index in [2.05, 4.69) is 10.6 Å².